The van der Waals surface area contributed by atoms with Gasteiger partial charge in [0.25, 0.3) is 0 Å². The summed E-state index contributed by atoms with van der Waals surface area (Å²) in [5.41, 5.74) is 0.787. The minimum absolute atomic E-state index is 0.0205. The second kappa shape index (κ2) is 8.20. The molecule has 1 heterocycles. The summed E-state index contributed by atoms with van der Waals surface area (Å²) in [6.07, 6.45) is 0.677. The largest absolute Gasteiger partial charge is 0.491 e. The molecule has 2 aromatic carbocycles. The highest BCUT2D eigenvalue weighted by atomic mass is 19.1. The fourth-order valence-electron chi connectivity index (χ4n) is 2.79. The number of fused-ring (bicyclic) bond motifs is 1. The first kappa shape index (κ1) is 18.9. The molecule has 0 aliphatic heterocycles. The Balaban J connectivity index is 1.51. The molecule has 1 unspecified atom stereocenters. The first-order chi connectivity index (χ1) is 13.0. The van der Waals surface area contributed by atoms with Crippen LogP contribution in [0.15, 0.2) is 52.9 Å². The summed E-state index contributed by atoms with van der Waals surface area (Å²) in [5.74, 6) is -0.774. The van der Waals surface area contributed by atoms with Crippen LogP contribution < -0.4 is 4.74 Å². The topological polar surface area (TPSA) is 42.7 Å². The first-order valence-corrected chi connectivity index (χ1v) is 8.77. The number of furan rings is 1. The molecule has 0 saturated heterocycles. The van der Waals surface area contributed by atoms with Gasteiger partial charge in [-0.1, -0.05) is 18.2 Å². The normalized spacial score (nSPS) is 12.1. The van der Waals surface area contributed by atoms with Crippen molar-refractivity contribution >= 4 is 16.9 Å². The second-order valence-electron chi connectivity index (χ2n) is 6.39. The first-order valence-electron chi connectivity index (χ1n) is 8.77. The Hall–Kier alpha value is -2.89. The number of hydrogen-bond donors (Lipinski definition) is 0. The maximum Gasteiger partial charge on any atom is 0.223 e. The van der Waals surface area contributed by atoms with Gasteiger partial charge < -0.3 is 14.1 Å². The van der Waals surface area contributed by atoms with Crippen LogP contribution in [-0.2, 0) is 4.79 Å². The van der Waals surface area contributed by atoms with E-state index in [4.69, 9.17) is 9.15 Å². The number of rotatable bonds is 7. The standard InChI is InChI=1S/C21H21F2NO3/c1-14(20-12-15-6-3-4-7-18(15)27-20)24(2)21(25)8-5-11-26-19-10-9-16(22)13-17(19)23/h3-4,6-7,9-10,12-14H,5,8,11H2,1-2H3. The quantitative estimate of drug-likeness (QED) is 0.542. The van der Waals surface area contributed by atoms with E-state index in [1.165, 1.54) is 6.07 Å². The number of nitrogens with zero attached hydrogens (tertiary/aromatic N) is 1. The van der Waals surface area contributed by atoms with E-state index in [0.29, 0.717) is 6.42 Å². The van der Waals surface area contributed by atoms with Crippen molar-refractivity contribution in [3.05, 3.63) is 65.9 Å². The molecule has 3 rings (SSSR count). The van der Waals surface area contributed by atoms with Crippen LogP contribution in [0, 0.1) is 11.6 Å². The van der Waals surface area contributed by atoms with Gasteiger partial charge >= 0.3 is 0 Å². The van der Waals surface area contributed by atoms with Crippen LogP contribution >= 0.6 is 0 Å². The second-order valence-corrected chi connectivity index (χ2v) is 6.39. The molecule has 27 heavy (non-hydrogen) atoms. The zero-order chi connectivity index (χ0) is 19.4. The maximum absolute atomic E-state index is 13.5. The average Bonchev–Trinajstić information content (AvgIpc) is 3.09. The third kappa shape index (κ3) is 4.45. The average molecular weight is 373 g/mol. The summed E-state index contributed by atoms with van der Waals surface area (Å²) in [5, 5.41) is 0.995. The van der Waals surface area contributed by atoms with E-state index in [0.717, 1.165) is 28.9 Å². The minimum atomic E-state index is -0.753. The molecule has 0 radical (unpaired) electrons. The smallest absolute Gasteiger partial charge is 0.223 e. The molecule has 0 fully saturated rings. The van der Waals surface area contributed by atoms with Gasteiger partial charge in [-0.2, -0.15) is 0 Å². The Kier molecular flexibility index (Phi) is 5.74. The molecule has 3 aromatic rings. The van der Waals surface area contributed by atoms with Crippen LogP contribution in [0.3, 0.4) is 0 Å². The van der Waals surface area contributed by atoms with Crippen molar-refractivity contribution in [2.45, 2.75) is 25.8 Å². The lowest BCUT2D eigenvalue weighted by Crippen LogP contribution is -2.29. The molecule has 1 aromatic heterocycles. The molecule has 1 atom stereocenters. The van der Waals surface area contributed by atoms with E-state index in [1.54, 1.807) is 11.9 Å². The van der Waals surface area contributed by atoms with Crippen molar-refractivity contribution in [1.29, 1.82) is 0 Å². The molecule has 6 heteroatoms. The molecule has 1 amide bonds. The molecule has 4 nitrogen and oxygen atoms in total. The summed E-state index contributed by atoms with van der Waals surface area (Å²) in [6, 6.07) is 12.6. The molecule has 0 saturated carbocycles. The molecule has 0 N–H and O–H groups in total. The van der Waals surface area contributed by atoms with Crippen LogP contribution in [0.2, 0.25) is 0 Å². The third-order valence-corrected chi connectivity index (χ3v) is 4.52. The van der Waals surface area contributed by atoms with Crippen LogP contribution in [0.5, 0.6) is 5.75 Å². The van der Waals surface area contributed by atoms with Gasteiger partial charge in [0.2, 0.25) is 5.91 Å². The van der Waals surface area contributed by atoms with E-state index < -0.39 is 11.6 Å². The number of benzene rings is 2. The van der Waals surface area contributed by atoms with Crippen LogP contribution in [0.25, 0.3) is 11.0 Å². The van der Waals surface area contributed by atoms with E-state index in [1.807, 2.05) is 37.3 Å². The zero-order valence-electron chi connectivity index (χ0n) is 15.2. The van der Waals surface area contributed by atoms with Crippen molar-refractivity contribution in [3.63, 3.8) is 0 Å². The molecule has 0 aliphatic rings. The van der Waals surface area contributed by atoms with Crippen LogP contribution in [0.4, 0.5) is 8.78 Å². The van der Waals surface area contributed by atoms with E-state index in [9.17, 15) is 13.6 Å². The lowest BCUT2D eigenvalue weighted by atomic mass is 10.2. The van der Waals surface area contributed by atoms with Gasteiger partial charge in [-0.15, -0.1) is 0 Å². The van der Waals surface area contributed by atoms with Gasteiger partial charge in [0.15, 0.2) is 11.6 Å². The van der Waals surface area contributed by atoms with Crippen LogP contribution in [-0.4, -0.2) is 24.5 Å². The Labute approximate surface area is 156 Å². The predicted octanol–water partition coefficient (Wildman–Crippen LogP) is 5.09. The number of carbonyl (C=O) groups excluding carboxylic acids is 1. The van der Waals surface area contributed by atoms with Gasteiger partial charge in [0, 0.05) is 24.9 Å². The van der Waals surface area contributed by atoms with E-state index >= 15 is 0 Å². The molecular formula is C21H21F2NO3. The lowest BCUT2D eigenvalue weighted by Gasteiger charge is -2.23. The van der Waals surface area contributed by atoms with Crippen molar-refractivity contribution in [2.75, 3.05) is 13.7 Å². The highest BCUT2D eigenvalue weighted by molar-refractivity contribution is 5.79. The highest BCUT2D eigenvalue weighted by Gasteiger charge is 2.20. The predicted molar refractivity (Wildman–Crippen MR) is 98.5 cm³/mol. The number of para-hydroxylation sites is 1. The Morgan fingerprint density at radius 3 is 2.70 bits per heavy atom. The number of halogens is 2. The minimum Gasteiger partial charge on any atom is -0.491 e. The Morgan fingerprint density at radius 1 is 1.19 bits per heavy atom. The van der Waals surface area contributed by atoms with Crippen molar-refractivity contribution in [1.82, 2.24) is 4.90 Å². The lowest BCUT2D eigenvalue weighted by molar-refractivity contribution is -0.132. The number of amides is 1. The highest BCUT2D eigenvalue weighted by Crippen LogP contribution is 2.27. The zero-order valence-corrected chi connectivity index (χ0v) is 15.2. The van der Waals surface area contributed by atoms with Gasteiger partial charge in [-0.25, -0.2) is 8.78 Å². The fraction of sp³-hybridized carbons (Fsp3) is 0.286. The number of carbonyl (C=O) groups is 1. The monoisotopic (exact) mass is 373 g/mol. The fourth-order valence-corrected chi connectivity index (χ4v) is 2.79. The van der Waals surface area contributed by atoms with Gasteiger partial charge in [-0.05, 0) is 37.6 Å². The Bertz CT molecular complexity index is 905. The summed E-state index contributed by atoms with van der Waals surface area (Å²) in [6.45, 7) is 2.07. The van der Waals surface area contributed by atoms with E-state index in [-0.39, 0.29) is 30.7 Å². The summed E-state index contributed by atoms with van der Waals surface area (Å²) in [4.78, 5) is 14.0. The summed E-state index contributed by atoms with van der Waals surface area (Å²) >= 11 is 0. The van der Waals surface area contributed by atoms with Crippen molar-refractivity contribution in [3.8, 4) is 5.75 Å². The maximum atomic E-state index is 13.5. The van der Waals surface area contributed by atoms with Crippen LogP contribution in [0.1, 0.15) is 31.6 Å². The van der Waals surface area contributed by atoms with Gasteiger partial charge in [-0.3, -0.25) is 4.79 Å². The summed E-state index contributed by atoms with van der Waals surface area (Å²) < 4.78 is 37.4. The van der Waals surface area contributed by atoms with E-state index in [2.05, 4.69) is 0 Å². The number of hydrogen-bond acceptors (Lipinski definition) is 3. The number of ether oxygens (including phenoxy) is 1. The molecule has 0 spiro atoms. The molecule has 142 valence electrons. The van der Waals surface area contributed by atoms with Crippen molar-refractivity contribution in [2.24, 2.45) is 0 Å². The molecule has 0 aliphatic carbocycles. The van der Waals surface area contributed by atoms with Gasteiger partial charge in [0.05, 0.1) is 12.6 Å². The summed E-state index contributed by atoms with van der Waals surface area (Å²) in [7, 11) is 1.72. The third-order valence-electron chi connectivity index (χ3n) is 4.52. The molecular weight excluding hydrogens is 352 g/mol. The van der Waals surface area contributed by atoms with Crippen molar-refractivity contribution < 1.29 is 22.7 Å². The Morgan fingerprint density at radius 2 is 1.96 bits per heavy atom. The SMILES string of the molecule is CC(c1cc2ccccc2o1)N(C)C(=O)CCCOc1ccc(F)cc1F. The van der Waals surface area contributed by atoms with Gasteiger partial charge in [0.1, 0.15) is 17.2 Å². The molecule has 0 bridgehead atoms.